The van der Waals surface area contributed by atoms with Crippen LogP contribution in [0.25, 0.3) is 10.9 Å². The lowest BCUT2D eigenvalue weighted by Crippen LogP contribution is -2.44. The van der Waals surface area contributed by atoms with E-state index in [9.17, 15) is 9.59 Å². The number of imide groups is 1. The number of carbonyl (C=O) groups excluding carboxylic acids is 2. The number of hydrogen-bond acceptors (Lipinski definition) is 4. The van der Waals surface area contributed by atoms with Crippen molar-refractivity contribution in [2.75, 3.05) is 13.7 Å². The third-order valence-electron chi connectivity index (χ3n) is 6.06. The molecular weight excluding hydrogens is 366 g/mol. The van der Waals surface area contributed by atoms with Crippen molar-refractivity contribution in [1.29, 1.82) is 0 Å². The molecule has 1 fully saturated rings. The number of amides is 2. The lowest BCUT2D eigenvalue weighted by Gasteiger charge is -2.30. The predicted octanol–water partition coefficient (Wildman–Crippen LogP) is 2.86. The number of benzene rings is 2. The molecule has 148 valence electrons. The standard InChI is InChI=1S/C23H23N3O3/c1-29-16-7-8-19-18(11-16)17-9-10-25(14-20(17)24-19)21-12-22(27)26(23(21)28)13-15-5-3-2-4-6-15/h2-8,11,21,24H,9-10,12-14H2,1H3. The highest BCUT2D eigenvalue weighted by atomic mass is 16.5. The number of carbonyl (C=O) groups is 2. The fourth-order valence-electron chi connectivity index (χ4n) is 4.52. The summed E-state index contributed by atoms with van der Waals surface area (Å²) in [5, 5.41) is 1.18. The van der Waals surface area contributed by atoms with E-state index in [0.717, 1.165) is 35.5 Å². The summed E-state index contributed by atoms with van der Waals surface area (Å²) in [5.74, 6) is 0.672. The molecule has 2 amide bonds. The van der Waals surface area contributed by atoms with Crippen molar-refractivity contribution in [1.82, 2.24) is 14.8 Å². The van der Waals surface area contributed by atoms with Gasteiger partial charge >= 0.3 is 0 Å². The fourth-order valence-corrected chi connectivity index (χ4v) is 4.52. The molecule has 3 aromatic rings. The maximum Gasteiger partial charge on any atom is 0.247 e. The number of methoxy groups -OCH3 is 1. The second-order valence-electron chi connectivity index (χ2n) is 7.74. The first-order chi connectivity index (χ1) is 14.1. The van der Waals surface area contributed by atoms with Gasteiger partial charge in [0, 0.05) is 29.7 Å². The number of fused-ring (bicyclic) bond motifs is 3. The van der Waals surface area contributed by atoms with Crippen molar-refractivity contribution in [3.05, 3.63) is 65.4 Å². The number of nitrogens with zero attached hydrogens (tertiary/aromatic N) is 2. The van der Waals surface area contributed by atoms with E-state index in [1.54, 1.807) is 7.11 Å². The Hall–Kier alpha value is -3.12. The van der Waals surface area contributed by atoms with Crippen LogP contribution < -0.4 is 4.74 Å². The first kappa shape index (κ1) is 17.9. The Labute approximate surface area is 169 Å². The van der Waals surface area contributed by atoms with Crippen LogP contribution in [0, 0.1) is 0 Å². The summed E-state index contributed by atoms with van der Waals surface area (Å²) in [6.07, 6.45) is 1.11. The number of rotatable bonds is 4. The molecule has 0 radical (unpaired) electrons. The van der Waals surface area contributed by atoms with Crippen LogP contribution in [0.5, 0.6) is 5.75 Å². The molecule has 1 aromatic heterocycles. The summed E-state index contributed by atoms with van der Waals surface area (Å²) in [4.78, 5) is 32.6. The maximum atomic E-state index is 13.0. The number of hydrogen-bond donors (Lipinski definition) is 1. The molecule has 6 heteroatoms. The minimum absolute atomic E-state index is 0.0833. The molecule has 29 heavy (non-hydrogen) atoms. The quantitative estimate of drug-likeness (QED) is 0.697. The Morgan fingerprint density at radius 3 is 2.76 bits per heavy atom. The van der Waals surface area contributed by atoms with Gasteiger partial charge in [0.1, 0.15) is 5.75 Å². The first-order valence-electron chi connectivity index (χ1n) is 9.93. The van der Waals surface area contributed by atoms with Crippen LogP contribution in [0.4, 0.5) is 0 Å². The van der Waals surface area contributed by atoms with Crippen molar-refractivity contribution in [3.8, 4) is 5.75 Å². The fraction of sp³-hybridized carbons (Fsp3) is 0.304. The summed E-state index contributed by atoms with van der Waals surface area (Å²) >= 11 is 0. The van der Waals surface area contributed by atoms with Crippen LogP contribution in [0.3, 0.4) is 0 Å². The van der Waals surface area contributed by atoms with E-state index >= 15 is 0 Å². The highest BCUT2D eigenvalue weighted by Crippen LogP contribution is 2.32. The van der Waals surface area contributed by atoms with Crippen molar-refractivity contribution in [2.45, 2.75) is 32.0 Å². The van der Waals surface area contributed by atoms with E-state index in [2.05, 4.69) is 16.0 Å². The predicted molar refractivity (Wildman–Crippen MR) is 109 cm³/mol. The van der Waals surface area contributed by atoms with Gasteiger partial charge in [-0.05, 0) is 35.7 Å². The molecule has 2 aliphatic rings. The van der Waals surface area contributed by atoms with E-state index < -0.39 is 0 Å². The van der Waals surface area contributed by atoms with E-state index in [1.807, 2.05) is 42.5 Å². The number of nitrogens with one attached hydrogen (secondary N) is 1. The molecule has 1 atom stereocenters. The van der Waals surface area contributed by atoms with Gasteiger partial charge in [0.25, 0.3) is 0 Å². The average Bonchev–Trinajstić information content (AvgIpc) is 3.25. The average molecular weight is 389 g/mol. The van der Waals surface area contributed by atoms with Gasteiger partial charge < -0.3 is 9.72 Å². The van der Waals surface area contributed by atoms with E-state index in [-0.39, 0.29) is 24.3 Å². The molecule has 1 saturated heterocycles. The normalized spacial score (nSPS) is 19.8. The summed E-state index contributed by atoms with van der Waals surface area (Å²) in [6.45, 7) is 1.76. The van der Waals surface area contributed by atoms with Crippen LogP contribution in [0.15, 0.2) is 48.5 Å². The topological polar surface area (TPSA) is 65.6 Å². The first-order valence-corrected chi connectivity index (χ1v) is 9.93. The number of H-pyrrole nitrogens is 1. The molecular formula is C23H23N3O3. The lowest BCUT2D eigenvalue weighted by molar-refractivity contribution is -0.140. The highest BCUT2D eigenvalue weighted by Gasteiger charge is 2.42. The molecule has 0 spiro atoms. The maximum absolute atomic E-state index is 13.0. The number of aromatic amines is 1. The van der Waals surface area contributed by atoms with Gasteiger partial charge in [0.15, 0.2) is 0 Å². The zero-order valence-corrected chi connectivity index (χ0v) is 16.4. The Kier molecular flexibility index (Phi) is 4.36. The summed E-state index contributed by atoms with van der Waals surface area (Å²) in [7, 11) is 1.67. The monoisotopic (exact) mass is 389 g/mol. The SMILES string of the molecule is COc1ccc2[nH]c3c(c2c1)CCN(C1CC(=O)N(Cc2ccccc2)C1=O)C3. The lowest BCUT2D eigenvalue weighted by atomic mass is 10.0. The van der Waals surface area contributed by atoms with Gasteiger partial charge in [-0.1, -0.05) is 30.3 Å². The van der Waals surface area contributed by atoms with E-state index in [0.29, 0.717) is 13.1 Å². The van der Waals surface area contributed by atoms with Crippen molar-refractivity contribution in [3.63, 3.8) is 0 Å². The molecule has 0 saturated carbocycles. The summed E-state index contributed by atoms with van der Waals surface area (Å²) in [5.41, 5.74) is 4.46. The smallest absolute Gasteiger partial charge is 0.247 e. The zero-order valence-electron chi connectivity index (χ0n) is 16.4. The van der Waals surface area contributed by atoms with Gasteiger partial charge in [-0.25, -0.2) is 0 Å². The molecule has 0 aliphatic carbocycles. The molecule has 2 aliphatic heterocycles. The molecule has 2 aromatic carbocycles. The number of ether oxygens (including phenoxy) is 1. The summed E-state index contributed by atoms with van der Waals surface area (Å²) < 4.78 is 5.36. The van der Waals surface area contributed by atoms with Crippen LogP contribution >= 0.6 is 0 Å². The van der Waals surface area contributed by atoms with Gasteiger partial charge in [-0.3, -0.25) is 19.4 Å². The molecule has 1 unspecified atom stereocenters. The molecule has 1 N–H and O–H groups in total. The van der Waals surface area contributed by atoms with Crippen LogP contribution in [0.1, 0.15) is 23.2 Å². The minimum atomic E-state index is -0.375. The molecule has 0 bridgehead atoms. The van der Waals surface area contributed by atoms with Crippen molar-refractivity contribution < 1.29 is 14.3 Å². The Bertz CT molecular complexity index is 1090. The van der Waals surface area contributed by atoms with Gasteiger partial charge in [-0.15, -0.1) is 0 Å². The number of aromatic nitrogens is 1. The highest BCUT2D eigenvalue weighted by molar-refractivity contribution is 6.05. The second kappa shape index (κ2) is 7.04. The third kappa shape index (κ3) is 3.09. The molecule has 6 nitrogen and oxygen atoms in total. The van der Waals surface area contributed by atoms with Crippen LogP contribution in [0.2, 0.25) is 0 Å². The van der Waals surface area contributed by atoms with Crippen molar-refractivity contribution >= 4 is 22.7 Å². The van der Waals surface area contributed by atoms with Gasteiger partial charge in [0.05, 0.1) is 26.1 Å². The van der Waals surface area contributed by atoms with Crippen LogP contribution in [-0.4, -0.2) is 46.3 Å². The Morgan fingerprint density at radius 1 is 1.14 bits per heavy atom. The molecule has 3 heterocycles. The van der Waals surface area contributed by atoms with Crippen LogP contribution in [-0.2, 0) is 29.1 Å². The Balaban J connectivity index is 1.36. The van der Waals surface area contributed by atoms with Gasteiger partial charge in [-0.2, -0.15) is 0 Å². The third-order valence-corrected chi connectivity index (χ3v) is 6.06. The zero-order chi connectivity index (χ0) is 20.0. The second-order valence-corrected chi connectivity index (χ2v) is 7.74. The molecule has 5 rings (SSSR count). The summed E-state index contributed by atoms with van der Waals surface area (Å²) in [6, 6.07) is 15.3. The minimum Gasteiger partial charge on any atom is -0.497 e. The Morgan fingerprint density at radius 2 is 1.97 bits per heavy atom. The largest absolute Gasteiger partial charge is 0.497 e. The van der Waals surface area contributed by atoms with Crippen molar-refractivity contribution in [2.24, 2.45) is 0 Å². The van der Waals surface area contributed by atoms with Gasteiger partial charge in [0.2, 0.25) is 11.8 Å². The van der Waals surface area contributed by atoms with E-state index in [1.165, 1.54) is 15.8 Å². The number of likely N-dealkylation sites (tertiary alicyclic amines) is 1. The van der Waals surface area contributed by atoms with E-state index in [4.69, 9.17) is 4.74 Å².